The molecule has 0 fully saturated rings. The zero-order valence-electron chi connectivity index (χ0n) is 25.9. The Hall–Kier alpha value is -5.08. The van der Waals surface area contributed by atoms with Crippen LogP contribution in [0.15, 0.2) is 145 Å². The molecule has 0 saturated carbocycles. The number of rotatable bonds is 6. The summed E-state index contributed by atoms with van der Waals surface area (Å²) in [6.45, 7) is 4.00. The second kappa shape index (κ2) is 13.5. The van der Waals surface area contributed by atoms with Gasteiger partial charge in [0.25, 0.3) is 0 Å². The third-order valence-corrected chi connectivity index (χ3v) is 8.37. The number of hydrogen-bond acceptors (Lipinski definition) is 2. The van der Waals surface area contributed by atoms with Crippen molar-refractivity contribution in [3.05, 3.63) is 168 Å². The van der Waals surface area contributed by atoms with E-state index >= 15 is 0 Å². The highest BCUT2D eigenvalue weighted by atomic mass is 15.1. The van der Waals surface area contributed by atoms with Gasteiger partial charge in [-0.1, -0.05) is 105 Å². The predicted octanol–water partition coefficient (Wildman–Crippen LogP) is 11.4. The van der Waals surface area contributed by atoms with Crippen molar-refractivity contribution >= 4 is 34.9 Å². The van der Waals surface area contributed by atoms with Crippen LogP contribution in [0.1, 0.15) is 42.5 Å². The van der Waals surface area contributed by atoms with Crippen LogP contribution >= 0.6 is 0 Å². The largest absolute Gasteiger partial charge is 0.345 e. The molecule has 2 nitrogen and oxygen atoms in total. The molecule has 0 atom stereocenters. The van der Waals surface area contributed by atoms with Crippen LogP contribution in [-0.4, -0.2) is 7.05 Å². The summed E-state index contributed by atoms with van der Waals surface area (Å²) in [5.41, 5.74) is 13.6. The molecular formula is C42H40N2. The fraction of sp³-hybridized carbons (Fsp3) is 0.143. The van der Waals surface area contributed by atoms with Crippen LogP contribution in [-0.2, 0) is 12.8 Å². The third-order valence-electron chi connectivity index (χ3n) is 8.37. The molecule has 7 rings (SSSR count). The minimum atomic E-state index is 0.936. The van der Waals surface area contributed by atoms with Gasteiger partial charge in [-0.25, -0.2) is 0 Å². The normalized spacial score (nSPS) is 13.0. The Bertz CT molecular complexity index is 1790. The van der Waals surface area contributed by atoms with Crippen LogP contribution < -0.4 is 9.80 Å². The van der Waals surface area contributed by atoms with Gasteiger partial charge in [0.05, 0.1) is 0 Å². The zero-order chi connectivity index (χ0) is 30.3. The van der Waals surface area contributed by atoms with Gasteiger partial charge in [-0.15, -0.1) is 0 Å². The maximum Gasteiger partial charge on any atom is 0.0467 e. The number of hydrogen-bond donors (Lipinski definition) is 0. The summed E-state index contributed by atoms with van der Waals surface area (Å²) in [7, 11) is 2.11. The number of para-hydroxylation sites is 1. The summed E-state index contributed by atoms with van der Waals surface area (Å²) in [6.07, 6.45) is 14.6. The summed E-state index contributed by atoms with van der Waals surface area (Å²) in [4.78, 5) is 4.60. The van der Waals surface area contributed by atoms with E-state index in [4.69, 9.17) is 0 Å². The topological polar surface area (TPSA) is 6.48 Å². The lowest BCUT2D eigenvalue weighted by Gasteiger charge is -2.28. The fourth-order valence-electron chi connectivity index (χ4n) is 6.00. The summed E-state index contributed by atoms with van der Waals surface area (Å²) >= 11 is 0. The monoisotopic (exact) mass is 572 g/mol. The first kappa shape index (κ1) is 29.0. The average molecular weight is 573 g/mol. The van der Waals surface area contributed by atoms with Crippen molar-refractivity contribution in [3.8, 4) is 11.1 Å². The Morgan fingerprint density at radius 1 is 0.523 bits per heavy atom. The van der Waals surface area contributed by atoms with E-state index in [0.717, 1.165) is 24.9 Å². The summed E-state index contributed by atoms with van der Waals surface area (Å²) in [5, 5.41) is 0. The second-order valence-electron chi connectivity index (χ2n) is 11.0. The third kappa shape index (κ3) is 6.16. The number of anilines is 4. The Kier molecular flexibility index (Phi) is 8.89. The average Bonchev–Trinajstić information content (AvgIpc) is 3.32. The van der Waals surface area contributed by atoms with Crippen molar-refractivity contribution in [1.29, 1.82) is 0 Å². The molecule has 2 aliphatic carbocycles. The van der Waals surface area contributed by atoms with E-state index < -0.39 is 0 Å². The minimum absolute atomic E-state index is 0.936. The lowest BCUT2D eigenvalue weighted by Crippen LogP contribution is -2.15. The highest BCUT2D eigenvalue weighted by Crippen LogP contribution is 2.37. The molecule has 0 amide bonds. The van der Waals surface area contributed by atoms with E-state index in [1.807, 2.05) is 13.8 Å². The maximum atomic E-state index is 2.39. The molecule has 0 heterocycles. The molecule has 0 aromatic heterocycles. The van der Waals surface area contributed by atoms with Crippen molar-refractivity contribution in [2.45, 2.75) is 33.1 Å². The van der Waals surface area contributed by atoms with Crippen molar-refractivity contribution in [1.82, 2.24) is 0 Å². The van der Waals surface area contributed by atoms with Crippen LogP contribution in [0.4, 0.5) is 22.7 Å². The summed E-state index contributed by atoms with van der Waals surface area (Å²) < 4.78 is 0. The number of benzene rings is 5. The lowest BCUT2D eigenvalue weighted by molar-refractivity contribution is 0.984. The van der Waals surface area contributed by atoms with E-state index in [9.17, 15) is 0 Å². The SMILES string of the molecule is CC.CN(c1ccccc1)c1ccc(-c2ccc(N(C3=Cc4ccccc4CC=C3)c3ccc4c(c3)C=CCC4)cc2)cc1. The van der Waals surface area contributed by atoms with Crippen LogP contribution in [0.5, 0.6) is 0 Å². The molecule has 0 radical (unpaired) electrons. The van der Waals surface area contributed by atoms with Gasteiger partial charge >= 0.3 is 0 Å². The van der Waals surface area contributed by atoms with Crippen molar-refractivity contribution in [2.24, 2.45) is 0 Å². The molecule has 0 saturated heterocycles. The minimum Gasteiger partial charge on any atom is -0.345 e. The van der Waals surface area contributed by atoms with Gasteiger partial charge in [0.15, 0.2) is 0 Å². The first-order chi connectivity index (χ1) is 21.7. The fourth-order valence-corrected chi connectivity index (χ4v) is 6.00. The number of nitrogens with zero attached hydrogens (tertiary/aromatic N) is 2. The van der Waals surface area contributed by atoms with E-state index in [1.165, 1.54) is 56.1 Å². The Balaban J connectivity index is 0.00000168. The van der Waals surface area contributed by atoms with E-state index in [1.54, 1.807) is 0 Å². The Morgan fingerprint density at radius 3 is 1.91 bits per heavy atom. The highest BCUT2D eigenvalue weighted by molar-refractivity contribution is 5.80. The number of fused-ring (bicyclic) bond motifs is 2. The molecule has 0 N–H and O–H groups in total. The van der Waals surface area contributed by atoms with Gasteiger partial charge in [0.1, 0.15) is 0 Å². The summed E-state index contributed by atoms with van der Waals surface area (Å²) in [6, 6.07) is 43.9. The van der Waals surface area contributed by atoms with Crippen LogP contribution in [0, 0.1) is 0 Å². The molecule has 5 aromatic rings. The zero-order valence-corrected chi connectivity index (χ0v) is 25.9. The lowest BCUT2D eigenvalue weighted by atomic mass is 9.96. The smallest absolute Gasteiger partial charge is 0.0467 e. The van der Waals surface area contributed by atoms with Gasteiger partial charge in [-0.05, 0) is 113 Å². The number of aryl methyl sites for hydroxylation is 1. The second-order valence-corrected chi connectivity index (χ2v) is 11.0. The summed E-state index contributed by atoms with van der Waals surface area (Å²) in [5.74, 6) is 0. The van der Waals surface area contributed by atoms with E-state index in [0.29, 0.717) is 0 Å². The van der Waals surface area contributed by atoms with Gasteiger partial charge in [0, 0.05) is 35.5 Å². The number of allylic oxidation sites excluding steroid dienone is 3. The van der Waals surface area contributed by atoms with Crippen LogP contribution in [0.3, 0.4) is 0 Å². The molecule has 2 heteroatoms. The maximum absolute atomic E-state index is 2.39. The van der Waals surface area contributed by atoms with Crippen LogP contribution in [0.2, 0.25) is 0 Å². The van der Waals surface area contributed by atoms with Crippen molar-refractivity contribution in [2.75, 3.05) is 16.8 Å². The molecule has 0 unspecified atom stereocenters. The van der Waals surface area contributed by atoms with Gasteiger partial charge < -0.3 is 9.80 Å². The Labute approximate surface area is 262 Å². The highest BCUT2D eigenvalue weighted by Gasteiger charge is 2.18. The molecule has 0 spiro atoms. The van der Waals surface area contributed by atoms with Crippen LogP contribution in [0.25, 0.3) is 23.3 Å². The molecule has 218 valence electrons. The molecule has 0 aliphatic heterocycles. The standard InChI is InChI=1S/C40H34N2.C2H6/c1-41(36-15-3-2-4-16-36)37-23-18-32(19-24-37)33-20-25-38(26-21-33)42(40-27-22-31-11-6-8-13-35(31)29-40)39-17-9-14-30-10-5-7-12-34(30)28-39;1-2/h2-5,7-10,12-13,15-29H,6,11,14H2,1H3;1-2H3. The van der Waals surface area contributed by atoms with Crippen molar-refractivity contribution < 1.29 is 0 Å². The van der Waals surface area contributed by atoms with Gasteiger partial charge in [-0.2, -0.15) is 0 Å². The molecule has 2 aliphatic rings. The van der Waals surface area contributed by atoms with Gasteiger partial charge in [0.2, 0.25) is 0 Å². The quantitative estimate of drug-likeness (QED) is 0.200. The first-order valence-electron chi connectivity index (χ1n) is 15.8. The Morgan fingerprint density at radius 2 is 1.16 bits per heavy atom. The van der Waals surface area contributed by atoms with Gasteiger partial charge in [-0.3, -0.25) is 0 Å². The molecule has 5 aromatic carbocycles. The first-order valence-corrected chi connectivity index (χ1v) is 15.8. The van der Waals surface area contributed by atoms with E-state index in [-0.39, 0.29) is 0 Å². The molecule has 0 bridgehead atoms. The predicted molar refractivity (Wildman–Crippen MR) is 191 cm³/mol. The molecular weight excluding hydrogens is 532 g/mol. The molecule has 44 heavy (non-hydrogen) atoms. The van der Waals surface area contributed by atoms with E-state index in [2.05, 4.69) is 169 Å². The van der Waals surface area contributed by atoms with Crippen molar-refractivity contribution in [3.63, 3.8) is 0 Å².